The molecule has 0 unspecified atom stereocenters. The van der Waals surface area contributed by atoms with Crippen molar-refractivity contribution >= 4 is 33.3 Å². The van der Waals surface area contributed by atoms with Crippen molar-refractivity contribution in [2.24, 2.45) is 0 Å². The van der Waals surface area contributed by atoms with Crippen LogP contribution in [-0.2, 0) is 14.8 Å². The van der Waals surface area contributed by atoms with Crippen molar-refractivity contribution in [3.8, 4) is 0 Å². The fourth-order valence-corrected chi connectivity index (χ4v) is 4.30. The number of sulfonamides is 1. The zero-order valence-electron chi connectivity index (χ0n) is 10.8. The van der Waals surface area contributed by atoms with Crippen LogP contribution in [0.5, 0.6) is 0 Å². The summed E-state index contributed by atoms with van der Waals surface area (Å²) < 4.78 is 26.2. The number of anilines is 1. The van der Waals surface area contributed by atoms with Gasteiger partial charge in [0.05, 0.1) is 15.6 Å². The third-order valence-corrected chi connectivity index (χ3v) is 5.95. The number of hydrogen-bond donors (Lipinski definition) is 2. The van der Waals surface area contributed by atoms with E-state index < -0.39 is 21.5 Å². The van der Waals surface area contributed by atoms with Gasteiger partial charge in [0.25, 0.3) is 0 Å². The van der Waals surface area contributed by atoms with Gasteiger partial charge in [-0.1, -0.05) is 11.6 Å². The van der Waals surface area contributed by atoms with Crippen LogP contribution in [0, 0.1) is 0 Å². The summed E-state index contributed by atoms with van der Waals surface area (Å²) in [5, 5.41) is 9.56. The Morgan fingerprint density at radius 1 is 1.50 bits per heavy atom. The monoisotopic (exact) mass is 318 g/mol. The van der Waals surface area contributed by atoms with Crippen molar-refractivity contribution < 1.29 is 18.3 Å². The minimum atomic E-state index is -3.92. The first kappa shape index (κ1) is 15.1. The predicted octanol–water partition coefficient (Wildman–Crippen LogP) is 1.55. The van der Waals surface area contributed by atoms with Crippen LogP contribution in [0.1, 0.15) is 19.8 Å². The molecule has 1 aromatic carbocycles. The van der Waals surface area contributed by atoms with Crippen LogP contribution in [-0.4, -0.2) is 35.9 Å². The van der Waals surface area contributed by atoms with E-state index in [4.69, 9.17) is 17.3 Å². The van der Waals surface area contributed by atoms with Crippen molar-refractivity contribution in [1.82, 2.24) is 4.31 Å². The van der Waals surface area contributed by atoms with E-state index in [0.29, 0.717) is 6.42 Å². The van der Waals surface area contributed by atoms with Gasteiger partial charge < -0.3 is 10.8 Å². The van der Waals surface area contributed by atoms with Crippen LogP contribution >= 0.6 is 11.6 Å². The van der Waals surface area contributed by atoms with E-state index in [0.717, 1.165) is 4.31 Å². The molecule has 0 saturated carbocycles. The van der Waals surface area contributed by atoms with Crippen molar-refractivity contribution in [2.75, 3.05) is 12.3 Å². The van der Waals surface area contributed by atoms with E-state index >= 15 is 0 Å². The number of nitrogens with two attached hydrogens (primary N) is 1. The molecule has 0 radical (unpaired) electrons. The fraction of sp³-hybridized carbons (Fsp3) is 0.417. The number of hydrogen-bond acceptors (Lipinski definition) is 4. The number of carboxylic acid groups (broad SMARTS) is 1. The molecule has 1 aromatic rings. The number of benzene rings is 1. The second kappa shape index (κ2) is 4.91. The van der Waals surface area contributed by atoms with E-state index in [-0.39, 0.29) is 28.6 Å². The molecule has 1 heterocycles. The number of halogens is 1. The molecule has 0 aromatic heterocycles. The summed E-state index contributed by atoms with van der Waals surface area (Å²) in [6.07, 6.45) is 0.787. The van der Waals surface area contributed by atoms with Crippen LogP contribution in [0.15, 0.2) is 23.1 Å². The second-order valence-corrected chi connectivity index (χ2v) is 7.21. The lowest BCUT2D eigenvalue weighted by Crippen LogP contribution is -2.50. The molecule has 1 atom stereocenters. The average molecular weight is 319 g/mol. The molecule has 0 bridgehead atoms. The third-order valence-electron chi connectivity index (χ3n) is 3.59. The molecular weight excluding hydrogens is 304 g/mol. The Labute approximate surface area is 122 Å². The second-order valence-electron chi connectivity index (χ2n) is 4.94. The summed E-state index contributed by atoms with van der Waals surface area (Å²) in [4.78, 5) is 11.3. The smallest absolute Gasteiger partial charge is 0.324 e. The van der Waals surface area contributed by atoms with Crippen LogP contribution < -0.4 is 5.73 Å². The first-order valence-electron chi connectivity index (χ1n) is 6.01. The Balaban J connectivity index is 2.49. The maximum Gasteiger partial charge on any atom is 0.324 e. The standard InChI is InChI=1S/C12H15ClN2O4S/c1-12(11(16)17)5-2-6-15(12)20(18,19)8-3-4-9(13)10(14)7-8/h3-4,7H,2,5-6,14H2,1H3,(H,16,17)/t12-/m1/s1. The molecule has 110 valence electrons. The van der Waals surface area contributed by atoms with Gasteiger partial charge in [0.15, 0.2) is 0 Å². The van der Waals surface area contributed by atoms with Gasteiger partial charge >= 0.3 is 5.97 Å². The molecule has 0 spiro atoms. The number of nitrogen functional groups attached to an aromatic ring is 1. The fourth-order valence-electron chi connectivity index (χ4n) is 2.35. The Bertz CT molecular complexity index is 661. The minimum Gasteiger partial charge on any atom is -0.480 e. The summed E-state index contributed by atoms with van der Waals surface area (Å²) in [5.74, 6) is -1.15. The quantitative estimate of drug-likeness (QED) is 0.823. The molecule has 3 N–H and O–H groups in total. The van der Waals surface area contributed by atoms with Gasteiger partial charge in [-0.25, -0.2) is 8.42 Å². The van der Waals surface area contributed by atoms with E-state index in [1.165, 1.54) is 25.1 Å². The van der Waals surface area contributed by atoms with Gasteiger partial charge in [0.1, 0.15) is 5.54 Å². The summed E-state index contributed by atoms with van der Waals surface area (Å²) in [7, 11) is -3.92. The number of rotatable bonds is 3. The van der Waals surface area contributed by atoms with Gasteiger partial charge in [0, 0.05) is 6.54 Å². The Kier molecular flexibility index (Phi) is 3.70. The summed E-state index contributed by atoms with van der Waals surface area (Å²) in [6.45, 7) is 1.59. The molecule has 1 fully saturated rings. The van der Waals surface area contributed by atoms with Crippen LogP contribution in [0.3, 0.4) is 0 Å². The molecule has 6 nitrogen and oxygen atoms in total. The highest BCUT2D eigenvalue weighted by Gasteiger charge is 2.49. The summed E-state index contributed by atoms with van der Waals surface area (Å²) in [6, 6.07) is 3.96. The zero-order valence-corrected chi connectivity index (χ0v) is 12.4. The van der Waals surface area contributed by atoms with Gasteiger partial charge in [0.2, 0.25) is 10.0 Å². The maximum atomic E-state index is 12.6. The Morgan fingerprint density at radius 2 is 2.15 bits per heavy atom. The van der Waals surface area contributed by atoms with Gasteiger partial charge in [-0.3, -0.25) is 4.79 Å². The molecule has 0 aliphatic carbocycles. The highest BCUT2D eigenvalue weighted by molar-refractivity contribution is 7.89. The number of nitrogens with zero attached hydrogens (tertiary/aromatic N) is 1. The van der Waals surface area contributed by atoms with Crippen molar-refractivity contribution in [3.05, 3.63) is 23.2 Å². The van der Waals surface area contributed by atoms with Crippen LogP contribution in [0.2, 0.25) is 5.02 Å². The molecule has 0 amide bonds. The number of aliphatic carboxylic acids is 1. The number of carboxylic acids is 1. The van der Waals surface area contributed by atoms with Gasteiger partial charge in [-0.2, -0.15) is 4.31 Å². The molecular formula is C12H15ClN2O4S. The van der Waals surface area contributed by atoms with Crippen molar-refractivity contribution in [3.63, 3.8) is 0 Å². The highest BCUT2D eigenvalue weighted by Crippen LogP contribution is 2.35. The lowest BCUT2D eigenvalue weighted by atomic mass is 10.0. The van der Waals surface area contributed by atoms with E-state index in [2.05, 4.69) is 0 Å². The molecule has 8 heteroatoms. The third kappa shape index (κ3) is 2.25. The SMILES string of the molecule is C[C@]1(C(=O)O)CCCN1S(=O)(=O)c1ccc(Cl)c(N)c1. The van der Waals surface area contributed by atoms with Crippen molar-refractivity contribution in [2.45, 2.75) is 30.2 Å². The summed E-state index contributed by atoms with van der Waals surface area (Å²) >= 11 is 5.77. The lowest BCUT2D eigenvalue weighted by Gasteiger charge is -2.30. The normalized spacial score (nSPS) is 23.9. The van der Waals surface area contributed by atoms with Crippen molar-refractivity contribution in [1.29, 1.82) is 0 Å². The van der Waals surface area contributed by atoms with Gasteiger partial charge in [-0.05, 0) is 38.0 Å². The number of carbonyl (C=O) groups is 1. The summed E-state index contributed by atoms with van der Waals surface area (Å²) in [5.41, 5.74) is 4.33. The van der Waals surface area contributed by atoms with Gasteiger partial charge in [-0.15, -0.1) is 0 Å². The molecule has 2 rings (SSSR count). The first-order valence-corrected chi connectivity index (χ1v) is 7.82. The topological polar surface area (TPSA) is 101 Å². The van der Waals surface area contributed by atoms with Crippen LogP contribution in [0.4, 0.5) is 5.69 Å². The highest BCUT2D eigenvalue weighted by atomic mass is 35.5. The predicted molar refractivity (Wildman–Crippen MR) is 75.0 cm³/mol. The molecule has 1 saturated heterocycles. The Morgan fingerprint density at radius 3 is 2.70 bits per heavy atom. The minimum absolute atomic E-state index is 0.0474. The average Bonchev–Trinajstić information content (AvgIpc) is 2.77. The zero-order chi connectivity index (χ0) is 15.1. The lowest BCUT2D eigenvalue weighted by molar-refractivity contribution is -0.146. The maximum absolute atomic E-state index is 12.6. The van der Waals surface area contributed by atoms with E-state index in [9.17, 15) is 18.3 Å². The van der Waals surface area contributed by atoms with Crippen LogP contribution in [0.25, 0.3) is 0 Å². The molecule has 1 aliphatic heterocycles. The first-order chi connectivity index (χ1) is 9.19. The van der Waals surface area contributed by atoms with E-state index in [1.807, 2.05) is 0 Å². The molecule has 1 aliphatic rings. The largest absolute Gasteiger partial charge is 0.480 e. The van der Waals surface area contributed by atoms with E-state index in [1.54, 1.807) is 0 Å². The molecule has 20 heavy (non-hydrogen) atoms. The Hall–Kier alpha value is -1.31.